The number of amides is 2. The first kappa shape index (κ1) is 15.0. The number of aliphatic carboxylic acids is 1. The van der Waals surface area contributed by atoms with E-state index in [1.54, 1.807) is 6.92 Å². The maximum atomic E-state index is 12.6. The lowest BCUT2D eigenvalue weighted by atomic mass is 9.79. The van der Waals surface area contributed by atoms with Gasteiger partial charge in [-0.1, -0.05) is 32.6 Å². The molecule has 2 rings (SSSR count). The van der Waals surface area contributed by atoms with Crippen LogP contribution in [-0.4, -0.2) is 34.3 Å². The topological polar surface area (TPSA) is 74.7 Å². The van der Waals surface area contributed by atoms with Gasteiger partial charge in [-0.05, 0) is 18.8 Å². The van der Waals surface area contributed by atoms with E-state index in [9.17, 15) is 14.4 Å². The van der Waals surface area contributed by atoms with Crippen molar-refractivity contribution in [3.05, 3.63) is 0 Å². The van der Waals surface area contributed by atoms with Crippen molar-refractivity contribution in [2.45, 2.75) is 58.3 Å². The summed E-state index contributed by atoms with van der Waals surface area (Å²) >= 11 is 0. The number of imide groups is 1. The zero-order valence-electron chi connectivity index (χ0n) is 12.1. The highest BCUT2D eigenvalue weighted by Crippen LogP contribution is 2.44. The van der Waals surface area contributed by atoms with Gasteiger partial charge in [0, 0.05) is 19.4 Å². The van der Waals surface area contributed by atoms with Crippen molar-refractivity contribution in [2.75, 3.05) is 6.54 Å². The lowest BCUT2D eigenvalue weighted by Gasteiger charge is -2.26. The standard InChI is InChI=1S/C15H23NO4/c1-11(8-13(18)19)10-16-12(17)9-15(14(16)20)6-4-2-3-5-7-15/h11H,2-10H2,1H3,(H,18,19). The average Bonchev–Trinajstić information content (AvgIpc) is 2.56. The molecule has 0 aromatic rings. The molecule has 1 unspecified atom stereocenters. The van der Waals surface area contributed by atoms with E-state index in [2.05, 4.69) is 0 Å². The molecule has 1 saturated heterocycles. The monoisotopic (exact) mass is 281 g/mol. The molecule has 0 bridgehead atoms. The molecule has 1 aliphatic carbocycles. The first-order valence-corrected chi connectivity index (χ1v) is 7.51. The maximum Gasteiger partial charge on any atom is 0.303 e. The number of carbonyl (C=O) groups excluding carboxylic acids is 2. The smallest absolute Gasteiger partial charge is 0.303 e. The molecule has 2 fully saturated rings. The molecule has 5 nitrogen and oxygen atoms in total. The third-order valence-electron chi connectivity index (χ3n) is 4.57. The van der Waals surface area contributed by atoms with E-state index in [0.29, 0.717) is 6.42 Å². The van der Waals surface area contributed by atoms with E-state index in [1.165, 1.54) is 4.90 Å². The van der Waals surface area contributed by atoms with Crippen LogP contribution in [0.3, 0.4) is 0 Å². The number of carbonyl (C=O) groups is 3. The number of carboxylic acid groups (broad SMARTS) is 1. The second-order valence-corrected chi connectivity index (χ2v) is 6.38. The van der Waals surface area contributed by atoms with E-state index >= 15 is 0 Å². The van der Waals surface area contributed by atoms with E-state index in [1.807, 2.05) is 0 Å². The van der Waals surface area contributed by atoms with Gasteiger partial charge in [0.2, 0.25) is 11.8 Å². The van der Waals surface area contributed by atoms with Gasteiger partial charge >= 0.3 is 5.97 Å². The third-order valence-corrected chi connectivity index (χ3v) is 4.57. The summed E-state index contributed by atoms with van der Waals surface area (Å²) in [5.41, 5.74) is -0.476. The fourth-order valence-corrected chi connectivity index (χ4v) is 3.52. The van der Waals surface area contributed by atoms with Gasteiger partial charge < -0.3 is 5.11 Å². The molecule has 20 heavy (non-hydrogen) atoms. The minimum Gasteiger partial charge on any atom is -0.481 e. The van der Waals surface area contributed by atoms with Gasteiger partial charge in [-0.3, -0.25) is 19.3 Å². The molecule has 1 heterocycles. The predicted molar refractivity (Wildman–Crippen MR) is 72.9 cm³/mol. The molecule has 112 valence electrons. The third kappa shape index (κ3) is 3.02. The summed E-state index contributed by atoms with van der Waals surface area (Å²) in [6.45, 7) is 2.01. The molecule has 2 aliphatic rings. The van der Waals surface area contributed by atoms with E-state index in [-0.39, 0.29) is 30.7 Å². The highest BCUT2D eigenvalue weighted by Gasteiger charge is 2.50. The highest BCUT2D eigenvalue weighted by atomic mass is 16.4. The fraction of sp³-hybridized carbons (Fsp3) is 0.800. The number of hydrogen-bond donors (Lipinski definition) is 1. The van der Waals surface area contributed by atoms with E-state index < -0.39 is 11.4 Å². The Morgan fingerprint density at radius 2 is 1.85 bits per heavy atom. The average molecular weight is 281 g/mol. The SMILES string of the molecule is CC(CC(=O)O)CN1C(=O)CC2(CCCCCC2)C1=O. The lowest BCUT2D eigenvalue weighted by molar-refractivity contribution is -0.144. The second-order valence-electron chi connectivity index (χ2n) is 6.38. The van der Waals surface area contributed by atoms with Crippen LogP contribution in [0.15, 0.2) is 0 Å². The number of likely N-dealkylation sites (tertiary alicyclic amines) is 1. The molecule has 0 aromatic heterocycles. The second kappa shape index (κ2) is 5.94. The molecule has 0 radical (unpaired) electrons. The Bertz CT molecular complexity index is 410. The number of nitrogens with zero attached hydrogens (tertiary/aromatic N) is 1. The van der Waals surface area contributed by atoms with Crippen LogP contribution in [0.5, 0.6) is 0 Å². The fourth-order valence-electron chi connectivity index (χ4n) is 3.52. The van der Waals surface area contributed by atoms with Gasteiger partial charge in [-0.15, -0.1) is 0 Å². The van der Waals surface area contributed by atoms with Crippen molar-refractivity contribution in [1.82, 2.24) is 4.90 Å². The van der Waals surface area contributed by atoms with Gasteiger partial charge in [0.05, 0.1) is 5.41 Å². The Morgan fingerprint density at radius 1 is 1.25 bits per heavy atom. The quantitative estimate of drug-likeness (QED) is 0.802. The molecule has 1 aliphatic heterocycles. The molecule has 0 aromatic carbocycles. The van der Waals surface area contributed by atoms with Gasteiger partial charge in [0.15, 0.2) is 0 Å². The van der Waals surface area contributed by atoms with Crippen LogP contribution in [0.25, 0.3) is 0 Å². The predicted octanol–water partition coefficient (Wildman–Crippen LogP) is 2.20. The number of hydrogen-bond acceptors (Lipinski definition) is 3. The van der Waals surface area contributed by atoms with E-state index in [0.717, 1.165) is 38.5 Å². The van der Waals surface area contributed by atoms with Crippen LogP contribution in [0.4, 0.5) is 0 Å². The van der Waals surface area contributed by atoms with Gasteiger partial charge in [0.1, 0.15) is 0 Å². The van der Waals surface area contributed by atoms with Crippen molar-refractivity contribution in [3.63, 3.8) is 0 Å². The molecule has 1 atom stereocenters. The summed E-state index contributed by atoms with van der Waals surface area (Å²) in [5, 5.41) is 8.78. The summed E-state index contributed by atoms with van der Waals surface area (Å²) in [7, 11) is 0. The lowest BCUT2D eigenvalue weighted by Crippen LogP contribution is -2.38. The summed E-state index contributed by atoms with van der Waals surface area (Å²) in [5.74, 6) is -1.25. The van der Waals surface area contributed by atoms with Crippen molar-refractivity contribution < 1.29 is 19.5 Å². The molecular weight excluding hydrogens is 258 g/mol. The summed E-state index contributed by atoms with van der Waals surface area (Å²) in [4.78, 5) is 36.8. The molecule has 1 spiro atoms. The molecular formula is C15H23NO4. The van der Waals surface area contributed by atoms with Crippen LogP contribution in [0.1, 0.15) is 58.3 Å². The Morgan fingerprint density at radius 3 is 2.40 bits per heavy atom. The van der Waals surface area contributed by atoms with Gasteiger partial charge in [-0.25, -0.2) is 0 Å². The summed E-state index contributed by atoms with van der Waals surface area (Å²) in [6.07, 6.45) is 6.23. The minimum absolute atomic E-state index is 0.00986. The Hall–Kier alpha value is -1.39. The maximum absolute atomic E-state index is 12.6. The molecule has 5 heteroatoms. The molecule has 2 amide bonds. The molecule has 1 saturated carbocycles. The van der Waals surface area contributed by atoms with Crippen molar-refractivity contribution >= 4 is 17.8 Å². The largest absolute Gasteiger partial charge is 0.481 e. The minimum atomic E-state index is -0.888. The van der Waals surface area contributed by atoms with Crippen molar-refractivity contribution in [1.29, 1.82) is 0 Å². The Balaban J connectivity index is 2.06. The van der Waals surface area contributed by atoms with E-state index in [4.69, 9.17) is 5.11 Å². The summed E-state index contributed by atoms with van der Waals surface area (Å²) < 4.78 is 0. The normalized spacial score (nSPS) is 23.9. The van der Waals surface area contributed by atoms with Crippen LogP contribution >= 0.6 is 0 Å². The van der Waals surface area contributed by atoms with Gasteiger partial charge in [-0.2, -0.15) is 0 Å². The van der Waals surface area contributed by atoms with Crippen LogP contribution < -0.4 is 0 Å². The van der Waals surface area contributed by atoms with Gasteiger partial charge in [0.25, 0.3) is 0 Å². The summed E-state index contributed by atoms with van der Waals surface area (Å²) in [6, 6.07) is 0. The van der Waals surface area contributed by atoms with Crippen LogP contribution in [0, 0.1) is 11.3 Å². The molecule has 1 N–H and O–H groups in total. The first-order valence-electron chi connectivity index (χ1n) is 7.51. The Labute approximate surface area is 119 Å². The number of rotatable bonds is 4. The van der Waals surface area contributed by atoms with Crippen molar-refractivity contribution in [3.8, 4) is 0 Å². The van der Waals surface area contributed by atoms with Crippen LogP contribution in [0.2, 0.25) is 0 Å². The zero-order chi connectivity index (χ0) is 14.8. The highest BCUT2D eigenvalue weighted by molar-refractivity contribution is 6.05. The first-order chi connectivity index (χ1) is 9.44. The number of carboxylic acids is 1. The zero-order valence-corrected chi connectivity index (χ0v) is 12.1. The Kier molecular flexibility index (Phi) is 4.45. The van der Waals surface area contributed by atoms with Crippen molar-refractivity contribution in [2.24, 2.45) is 11.3 Å². The van der Waals surface area contributed by atoms with Crippen LogP contribution in [-0.2, 0) is 14.4 Å².